The maximum atomic E-state index is 10.5. The average molecular weight is 190 g/mol. The molecule has 0 spiro atoms. The quantitative estimate of drug-likeness (QED) is 0.693. The summed E-state index contributed by atoms with van der Waals surface area (Å²) < 4.78 is 0. The Morgan fingerprint density at radius 3 is 2.57 bits per heavy atom. The Morgan fingerprint density at radius 2 is 2.07 bits per heavy atom. The molecule has 0 aliphatic rings. The summed E-state index contributed by atoms with van der Waals surface area (Å²) in [4.78, 5) is 10.5. The van der Waals surface area contributed by atoms with Gasteiger partial charge in [0.1, 0.15) is 0 Å². The van der Waals surface area contributed by atoms with E-state index in [0.717, 1.165) is 12.1 Å². The van der Waals surface area contributed by atoms with Crippen molar-refractivity contribution >= 4 is 12.0 Å². The van der Waals surface area contributed by atoms with Crippen molar-refractivity contribution in [2.75, 3.05) is 7.05 Å². The number of primary amides is 1. The van der Waals surface area contributed by atoms with Crippen LogP contribution in [-0.4, -0.2) is 13.0 Å². The Kier molecular flexibility index (Phi) is 3.88. The Morgan fingerprint density at radius 1 is 1.43 bits per heavy atom. The first-order valence-electron chi connectivity index (χ1n) is 4.43. The molecule has 0 saturated carbocycles. The lowest BCUT2D eigenvalue weighted by molar-refractivity contribution is -0.113. The van der Waals surface area contributed by atoms with Gasteiger partial charge in [0.2, 0.25) is 5.91 Å². The molecule has 1 rings (SSSR count). The maximum Gasteiger partial charge on any atom is 0.241 e. The van der Waals surface area contributed by atoms with Gasteiger partial charge in [0.25, 0.3) is 0 Å². The number of hydrogen-bond donors (Lipinski definition) is 2. The number of amides is 1. The highest BCUT2D eigenvalue weighted by Crippen LogP contribution is 2.05. The fourth-order valence-corrected chi connectivity index (χ4v) is 1.13. The Hall–Kier alpha value is -1.61. The highest BCUT2D eigenvalue weighted by atomic mass is 16.1. The van der Waals surface area contributed by atoms with Crippen molar-refractivity contribution in [3.63, 3.8) is 0 Å². The van der Waals surface area contributed by atoms with Crippen LogP contribution in [0.25, 0.3) is 6.08 Å². The monoisotopic (exact) mass is 190 g/mol. The lowest BCUT2D eigenvalue weighted by Gasteiger charge is -1.99. The van der Waals surface area contributed by atoms with Gasteiger partial charge in [-0.05, 0) is 24.3 Å². The summed E-state index contributed by atoms with van der Waals surface area (Å²) in [5, 5.41) is 3.06. The Bertz CT molecular complexity index is 328. The molecular weight excluding hydrogens is 176 g/mol. The van der Waals surface area contributed by atoms with Crippen LogP contribution in [0.1, 0.15) is 11.1 Å². The number of nitrogens with two attached hydrogens (primary N) is 1. The van der Waals surface area contributed by atoms with E-state index >= 15 is 0 Å². The molecule has 1 aromatic rings. The summed E-state index contributed by atoms with van der Waals surface area (Å²) in [6.07, 6.45) is 3.05. The molecular formula is C11H14N2O. The zero-order valence-electron chi connectivity index (χ0n) is 8.16. The summed E-state index contributed by atoms with van der Waals surface area (Å²) in [6, 6.07) is 7.92. The molecule has 0 heterocycles. The smallest absolute Gasteiger partial charge is 0.241 e. The molecule has 0 bridgehead atoms. The van der Waals surface area contributed by atoms with Crippen molar-refractivity contribution in [2.24, 2.45) is 5.73 Å². The van der Waals surface area contributed by atoms with E-state index in [1.807, 2.05) is 31.3 Å². The van der Waals surface area contributed by atoms with E-state index in [0.29, 0.717) is 0 Å². The molecule has 3 nitrogen and oxygen atoms in total. The van der Waals surface area contributed by atoms with Crippen LogP contribution in [0.4, 0.5) is 0 Å². The SMILES string of the molecule is CNCc1ccc(C=CC(N)=O)cc1. The second-order valence-electron chi connectivity index (χ2n) is 3.01. The standard InChI is InChI=1S/C11H14N2O/c1-13-8-10-4-2-9(3-5-10)6-7-11(12)14/h2-7,13H,8H2,1H3,(H2,12,14). The average Bonchev–Trinajstić information content (AvgIpc) is 2.17. The van der Waals surface area contributed by atoms with Gasteiger partial charge in [0.05, 0.1) is 0 Å². The number of benzene rings is 1. The Labute approximate surface area is 83.6 Å². The minimum absolute atomic E-state index is 0.427. The molecule has 0 aromatic heterocycles. The second-order valence-corrected chi connectivity index (χ2v) is 3.01. The minimum atomic E-state index is -0.427. The minimum Gasteiger partial charge on any atom is -0.366 e. The van der Waals surface area contributed by atoms with Gasteiger partial charge in [-0.3, -0.25) is 4.79 Å². The van der Waals surface area contributed by atoms with E-state index in [4.69, 9.17) is 5.73 Å². The van der Waals surface area contributed by atoms with Crippen LogP contribution in [0.5, 0.6) is 0 Å². The number of nitrogens with one attached hydrogen (secondary N) is 1. The number of carbonyl (C=O) groups is 1. The van der Waals surface area contributed by atoms with Crippen LogP contribution < -0.4 is 11.1 Å². The third-order valence-electron chi connectivity index (χ3n) is 1.80. The third kappa shape index (κ3) is 3.41. The van der Waals surface area contributed by atoms with Gasteiger partial charge in [0, 0.05) is 12.6 Å². The highest BCUT2D eigenvalue weighted by molar-refractivity contribution is 5.90. The van der Waals surface area contributed by atoms with Gasteiger partial charge in [-0.2, -0.15) is 0 Å². The summed E-state index contributed by atoms with van der Waals surface area (Å²) in [7, 11) is 1.90. The molecule has 0 unspecified atom stereocenters. The normalized spacial score (nSPS) is 10.6. The van der Waals surface area contributed by atoms with Gasteiger partial charge >= 0.3 is 0 Å². The van der Waals surface area contributed by atoms with Crippen molar-refractivity contribution in [3.8, 4) is 0 Å². The summed E-state index contributed by atoms with van der Waals surface area (Å²) in [5.41, 5.74) is 7.17. The van der Waals surface area contributed by atoms with Gasteiger partial charge in [0.15, 0.2) is 0 Å². The number of carbonyl (C=O) groups excluding carboxylic acids is 1. The first-order valence-corrected chi connectivity index (χ1v) is 4.43. The van der Waals surface area contributed by atoms with Crippen LogP contribution in [0.3, 0.4) is 0 Å². The third-order valence-corrected chi connectivity index (χ3v) is 1.80. The first-order chi connectivity index (χ1) is 6.72. The molecule has 74 valence electrons. The molecule has 0 atom stereocenters. The predicted molar refractivity (Wildman–Crippen MR) is 57.4 cm³/mol. The van der Waals surface area contributed by atoms with E-state index in [1.165, 1.54) is 11.6 Å². The van der Waals surface area contributed by atoms with Gasteiger partial charge in [-0.25, -0.2) is 0 Å². The topological polar surface area (TPSA) is 55.1 Å². The van der Waals surface area contributed by atoms with Crippen LogP contribution >= 0.6 is 0 Å². The molecule has 0 aliphatic heterocycles. The fraction of sp³-hybridized carbons (Fsp3) is 0.182. The van der Waals surface area contributed by atoms with Gasteiger partial charge in [-0.15, -0.1) is 0 Å². The van der Waals surface area contributed by atoms with E-state index in [-0.39, 0.29) is 0 Å². The molecule has 1 amide bonds. The van der Waals surface area contributed by atoms with Crippen LogP contribution in [0.2, 0.25) is 0 Å². The molecule has 3 N–H and O–H groups in total. The number of hydrogen-bond acceptors (Lipinski definition) is 2. The van der Waals surface area contributed by atoms with E-state index in [2.05, 4.69) is 5.32 Å². The molecule has 0 fully saturated rings. The van der Waals surface area contributed by atoms with Crippen LogP contribution in [0, 0.1) is 0 Å². The van der Waals surface area contributed by atoms with Crippen molar-refractivity contribution in [1.82, 2.24) is 5.32 Å². The molecule has 0 aliphatic carbocycles. The largest absolute Gasteiger partial charge is 0.366 e. The maximum absolute atomic E-state index is 10.5. The lowest BCUT2D eigenvalue weighted by atomic mass is 10.1. The molecule has 0 saturated heterocycles. The zero-order chi connectivity index (χ0) is 10.4. The highest BCUT2D eigenvalue weighted by Gasteiger charge is 1.91. The Balaban J connectivity index is 2.68. The predicted octanol–water partition coefficient (Wildman–Crippen LogP) is 0.904. The molecule has 3 heteroatoms. The second kappa shape index (κ2) is 5.19. The van der Waals surface area contributed by atoms with Gasteiger partial charge in [-0.1, -0.05) is 24.3 Å². The van der Waals surface area contributed by atoms with E-state index in [1.54, 1.807) is 6.08 Å². The molecule has 14 heavy (non-hydrogen) atoms. The zero-order valence-corrected chi connectivity index (χ0v) is 8.16. The molecule has 0 radical (unpaired) electrons. The molecule has 1 aromatic carbocycles. The van der Waals surface area contributed by atoms with Crippen molar-refractivity contribution in [3.05, 3.63) is 41.5 Å². The summed E-state index contributed by atoms with van der Waals surface area (Å²) in [6.45, 7) is 0.847. The van der Waals surface area contributed by atoms with Crippen LogP contribution in [0.15, 0.2) is 30.3 Å². The lowest BCUT2D eigenvalue weighted by Crippen LogP contribution is -2.05. The van der Waals surface area contributed by atoms with Crippen molar-refractivity contribution in [2.45, 2.75) is 6.54 Å². The fourth-order valence-electron chi connectivity index (χ4n) is 1.13. The van der Waals surface area contributed by atoms with Crippen molar-refractivity contribution in [1.29, 1.82) is 0 Å². The van der Waals surface area contributed by atoms with Crippen LogP contribution in [-0.2, 0) is 11.3 Å². The summed E-state index contributed by atoms with van der Waals surface area (Å²) in [5.74, 6) is -0.427. The van der Waals surface area contributed by atoms with E-state index < -0.39 is 5.91 Å². The summed E-state index contributed by atoms with van der Waals surface area (Å²) >= 11 is 0. The van der Waals surface area contributed by atoms with E-state index in [9.17, 15) is 4.79 Å². The van der Waals surface area contributed by atoms with Gasteiger partial charge < -0.3 is 11.1 Å². The first kappa shape index (κ1) is 10.5. The number of rotatable bonds is 4. The van der Waals surface area contributed by atoms with Crippen molar-refractivity contribution < 1.29 is 4.79 Å².